The molecule has 2 aromatic carbocycles. The molecule has 0 saturated carbocycles. The van der Waals surface area contributed by atoms with E-state index < -0.39 is 0 Å². The number of furan rings is 1. The lowest BCUT2D eigenvalue weighted by atomic mass is 9.75. The van der Waals surface area contributed by atoms with Gasteiger partial charge in [-0.15, -0.1) is 0 Å². The molecule has 0 saturated heterocycles. The zero-order chi connectivity index (χ0) is 22.6. The minimum atomic E-state index is -0.300. The number of fused-ring (bicyclic) bond motifs is 4. The minimum absolute atomic E-state index is 0.0921. The van der Waals surface area contributed by atoms with E-state index in [-0.39, 0.29) is 17.1 Å². The third-order valence-electron chi connectivity index (χ3n) is 6.47. The van der Waals surface area contributed by atoms with Gasteiger partial charge in [0.05, 0.1) is 5.71 Å². The summed E-state index contributed by atoms with van der Waals surface area (Å²) in [5, 5.41) is 18.3. The molecule has 2 heterocycles. The van der Waals surface area contributed by atoms with Gasteiger partial charge in [-0.1, -0.05) is 37.2 Å². The fraction of sp³-hybridized carbons (Fsp3) is 0.308. The van der Waals surface area contributed by atoms with Crippen LogP contribution in [0, 0.1) is 12.3 Å². The molecule has 4 aromatic rings. The Kier molecular flexibility index (Phi) is 4.62. The maximum absolute atomic E-state index is 13.2. The topological polar surface area (TPSA) is 79.8 Å². The van der Waals surface area contributed by atoms with E-state index in [0.29, 0.717) is 35.6 Å². The van der Waals surface area contributed by atoms with E-state index >= 15 is 0 Å². The molecular weight excluding hydrogens is 402 g/mol. The lowest BCUT2D eigenvalue weighted by molar-refractivity contribution is 0.0993. The highest BCUT2D eigenvalue weighted by Crippen LogP contribution is 2.39. The number of hydrogen-bond donors (Lipinski definition) is 2. The van der Waals surface area contributed by atoms with Crippen molar-refractivity contribution in [2.24, 2.45) is 10.6 Å². The molecule has 32 heavy (non-hydrogen) atoms. The summed E-state index contributed by atoms with van der Waals surface area (Å²) in [6, 6.07) is 14.3. The van der Waals surface area contributed by atoms with Gasteiger partial charge in [0, 0.05) is 51.6 Å². The molecule has 6 nitrogen and oxygen atoms in total. The van der Waals surface area contributed by atoms with Gasteiger partial charge in [-0.25, -0.2) is 0 Å². The molecule has 6 heteroatoms. The molecule has 0 unspecified atom stereocenters. The maximum Gasteiger partial charge on any atom is 0.291 e. The number of benzene rings is 2. The monoisotopic (exact) mass is 429 g/mol. The highest BCUT2D eigenvalue weighted by Gasteiger charge is 2.36. The number of anilines is 1. The number of nitrogens with zero attached hydrogens (tertiary/aromatic N) is 2. The molecule has 1 amide bonds. The van der Waals surface area contributed by atoms with Crippen LogP contribution < -0.4 is 5.32 Å². The predicted octanol–water partition coefficient (Wildman–Crippen LogP) is 6.12. The van der Waals surface area contributed by atoms with E-state index in [2.05, 4.69) is 47.9 Å². The Morgan fingerprint density at radius 2 is 1.91 bits per heavy atom. The van der Waals surface area contributed by atoms with Crippen molar-refractivity contribution in [2.75, 3.05) is 5.32 Å². The zero-order valence-corrected chi connectivity index (χ0v) is 18.8. The summed E-state index contributed by atoms with van der Waals surface area (Å²) in [4.78, 5) is 13.2. The second-order valence-electron chi connectivity index (χ2n) is 9.37. The van der Waals surface area contributed by atoms with E-state index in [1.165, 1.54) is 5.52 Å². The number of aryl methyl sites for hydroxylation is 1. The van der Waals surface area contributed by atoms with E-state index in [0.717, 1.165) is 28.4 Å². The van der Waals surface area contributed by atoms with Crippen molar-refractivity contribution in [1.82, 2.24) is 4.57 Å². The van der Waals surface area contributed by atoms with Crippen LogP contribution in [0.5, 0.6) is 0 Å². The largest absolute Gasteiger partial charge is 0.455 e. The first-order valence-electron chi connectivity index (χ1n) is 11.0. The van der Waals surface area contributed by atoms with Crippen LogP contribution in [-0.4, -0.2) is 21.4 Å². The standard InChI is InChI=1S/C26H27N3O3/c1-5-29-20-9-7-6-8-17(20)18-12-16(10-11-21(18)29)27-25(30)24-15(2)23-19(28-31)13-26(3,4)14-22(23)32-24/h6-12,31H,5,13-14H2,1-4H3,(H,27,30)/b28-19-. The van der Waals surface area contributed by atoms with Crippen LogP contribution >= 0.6 is 0 Å². The lowest BCUT2D eigenvalue weighted by Crippen LogP contribution is -2.27. The van der Waals surface area contributed by atoms with Gasteiger partial charge in [0.2, 0.25) is 0 Å². The SMILES string of the molecule is CCn1c2ccccc2c2cc(NC(=O)c3oc4c(c3C)/C(=N\O)CC(C)(C)C4)ccc21. The number of para-hydroxylation sites is 1. The molecule has 164 valence electrons. The first kappa shape index (κ1) is 20.4. The van der Waals surface area contributed by atoms with Crippen molar-refractivity contribution in [3.05, 3.63) is 65.1 Å². The fourth-order valence-electron chi connectivity index (χ4n) is 5.08. The van der Waals surface area contributed by atoms with Crippen LogP contribution in [-0.2, 0) is 13.0 Å². The molecule has 2 aromatic heterocycles. The number of aromatic nitrogens is 1. The van der Waals surface area contributed by atoms with Crippen molar-refractivity contribution in [3.63, 3.8) is 0 Å². The Hall–Kier alpha value is -3.54. The molecule has 0 spiro atoms. The third-order valence-corrected chi connectivity index (χ3v) is 6.47. The number of carbonyl (C=O) groups is 1. The van der Waals surface area contributed by atoms with Crippen LogP contribution in [0.15, 0.2) is 52.0 Å². The van der Waals surface area contributed by atoms with Crippen molar-refractivity contribution >= 4 is 39.1 Å². The Morgan fingerprint density at radius 3 is 2.66 bits per heavy atom. The second kappa shape index (κ2) is 7.26. The van der Waals surface area contributed by atoms with Gasteiger partial charge in [0.1, 0.15) is 5.76 Å². The number of nitrogens with one attached hydrogen (secondary N) is 1. The molecule has 5 rings (SSSR count). The fourth-order valence-corrected chi connectivity index (χ4v) is 5.08. The summed E-state index contributed by atoms with van der Waals surface area (Å²) in [7, 11) is 0. The number of carbonyl (C=O) groups excluding carboxylic acids is 1. The summed E-state index contributed by atoms with van der Waals surface area (Å²) >= 11 is 0. The highest BCUT2D eigenvalue weighted by molar-refractivity contribution is 6.12. The molecule has 0 fully saturated rings. The lowest BCUT2D eigenvalue weighted by Gasteiger charge is -2.28. The van der Waals surface area contributed by atoms with E-state index in [4.69, 9.17) is 4.42 Å². The Labute approximate surface area is 186 Å². The summed E-state index contributed by atoms with van der Waals surface area (Å²) < 4.78 is 8.29. The molecule has 0 bridgehead atoms. The minimum Gasteiger partial charge on any atom is -0.455 e. The number of hydrogen-bond acceptors (Lipinski definition) is 4. The van der Waals surface area contributed by atoms with E-state index in [1.54, 1.807) is 0 Å². The van der Waals surface area contributed by atoms with Gasteiger partial charge in [-0.2, -0.15) is 0 Å². The van der Waals surface area contributed by atoms with Crippen LogP contribution in [0.1, 0.15) is 54.6 Å². The zero-order valence-electron chi connectivity index (χ0n) is 18.8. The van der Waals surface area contributed by atoms with Crippen LogP contribution in [0.3, 0.4) is 0 Å². The summed E-state index contributed by atoms with van der Waals surface area (Å²) in [6.07, 6.45) is 1.33. The van der Waals surface area contributed by atoms with E-state index in [9.17, 15) is 10.0 Å². The molecule has 1 aliphatic carbocycles. The Morgan fingerprint density at radius 1 is 1.16 bits per heavy atom. The molecular formula is C26H27N3O3. The number of amides is 1. The second-order valence-corrected chi connectivity index (χ2v) is 9.37. The molecule has 0 aliphatic heterocycles. The first-order valence-corrected chi connectivity index (χ1v) is 11.0. The van der Waals surface area contributed by atoms with Gasteiger partial charge in [-0.05, 0) is 49.9 Å². The third kappa shape index (κ3) is 3.09. The van der Waals surface area contributed by atoms with Crippen LogP contribution in [0.2, 0.25) is 0 Å². The van der Waals surface area contributed by atoms with E-state index in [1.807, 2.05) is 37.3 Å². The van der Waals surface area contributed by atoms with Crippen molar-refractivity contribution in [2.45, 2.75) is 47.1 Å². The molecule has 1 aliphatic rings. The quantitative estimate of drug-likeness (QED) is 0.304. The van der Waals surface area contributed by atoms with Crippen LogP contribution in [0.25, 0.3) is 21.8 Å². The molecule has 2 N–H and O–H groups in total. The average molecular weight is 430 g/mol. The average Bonchev–Trinajstić information content (AvgIpc) is 3.26. The van der Waals surface area contributed by atoms with Crippen molar-refractivity contribution < 1.29 is 14.4 Å². The predicted molar refractivity (Wildman–Crippen MR) is 127 cm³/mol. The summed E-state index contributed by atoms with van der Waals surface area (Å²) in [5.74, 6) is 0.675. The smallest absolute Gasteiger partial charge is 0.291 e. The Balaban J connectivity index is 1.52. The van der Waals surface area contributed by atoms with Gasteiger partial charge in [0.25, 0.3) is 5.91 Å². The van der Waals surface area contributed by atoms with Crippen molar-refractivity contribution in [1.29, 1.82) is 0 Å². The Bertz CT molecular complexity index is 1400. The summed E-state index contributed by atoms with van der Waals surface area (Å²) in [5.41, 5.74) is 4.99. The van der Waals surface area contributed by atoms with Crippen LogP contribution in [0.4, 0.5) is 5.69 Å². The van der Waals surface area contributed by atoms with Gasteiger partial charge >= 0.3 is 0 Å². The van der Waals surface area contributed by atoms with Crippen molar-refractivity contribution in [3.8, 4) is 0 Å². The maximum atomic E-state index is 13.2. The normalized spacial score (nSPS) is 16.6. The van der Waals surface area contributed by atoms with Gasteiger partial charge in [-0.3, -0.25) is 4.79 Å². The summed E-state index contributed by atoms with van der Waals surface area (Å²) in [6.45, 7) is 9.05. The molecule has 0 radical (unpaired) electrons. The van der Waals surface area contributed by atoms with Gasteiger partial charge < -0.3 is 19.5 Å². The highest BCUT2D eigenvalue weighted by atomic mass is 16.4. The number of oxime groups is 1. The first-order chi connectivity index (χ1) is 15.3. The number of rotatable bonds is 3. The molecule has 0 atom stereocenters. The van der Waals surface area contributed by atoms with Gasteiger partial charge in [0.15, 0.2) is 5.76 Å².